The van der Waals surface area contributed by atoms with Gasteiger partial charge < -0.3 is 14.8 Å². The molecular weight excluding hydrogens is 292 g/mol. The van der Waals surface area contributed by atoms with Crippen LogP contribution >= 0.6 is 11.3 Å². The molecule has 21 heavy (non-hydrogen) atoms. The molecule has 6 nitrogen and oxygen atoms in total. The lowest BCUT2D eigenvalue weighted by molar-refractivity contribution is -0.139. The summed E-state index contributed by atoms with van der Waals surface area (Å²) in [6, 6.07) is 7.39. The third-order valence-corrected chi connectivity index (χ3v) is 3.59. The van der Waals surface area contributed by atoms with Gasteiger partial charge in [-0.25, -0.2) is 4.98 Å². The van der Waals surface area contributed by atoms with Gasteiger partial charge in [0, 0.05) is 10.9 Å². The number of rotatable bonds is 5. The molecule has 1 aromatic carbocycles. The van der Waals surface area contributed by atoms with Gasteiger partial charge in [0.05, 0.1) is 14.2 Å². The maximum Gasteiger partial charge on any atom is 0.325 e. The number of carbonyl (C=O) groups is 2. The van der Waals surface area contributed by atoms with Crippen LogP contribution in [-0.4, -0.2) is 37.6 Å². The lowest BCUT2D eigenvalue weighted by atomic mass is 10.2. The summed E-state index contributed by atoms with van der Waals surface area (Å²) in [7, 11) is 2.86. The van der Waals surface area contributed by atoms with E-state index >= 15 is 0 Å². The Morgan fingerprint density at radius 1 is 1.24 bits per heavy atom. The molecule has 0 radical (unpaired) electrons. The highest BCUT2D eigenvalue weighted by Crippen LogP contribution is 2.25. The fourth-order valence-electron chi connectivity index (χ4n) is 1.56. The molecule has 110 valence electrons. The Bertz CT molecular complexity index is 637. The molecule has 0 aliphatic rings. The van der Waals surface area contributed by atoms with Crippen LogP contribution in [-0.2, 0) is 9.53 Å². The molecule has 0 saturated heterocycles. The average Bonchev–Trinajstić information content (AvgIpc) is 3.02. The first-order valence-electron chi connectivity index (χ1n) is 6.09. The second kappa shape index (κ2) is 6.85. The van der Waals surface area contributed by atoms with Gasteiger partial charge in [-0.2, -0.15) is 0 Å². The second-order valence-electron chi connectivity index (χ2n) is 4.03. The summed E-state index contributed by atoms with van der Waals surface area (Å²) >= 11 is 1.36. The molecule has 0 aliphatic heterocycles. The van der Waals surface area contributed by atoms with E-state index in [0.29, 0.717) is 0 Å². The van der Waals surface area contributed by atoms with Crippen LogP contribution in [0.4, 0.5) is 0 Å². The van der Waals surface area contributed by atoms with Crippen molar-refractivity contribution in [3.8, 4) is 16.3 Å². The van der Waals surface area contributed by atoms with E-state index in [0.717, 1.165) is 16.3 Å². The minimum atomic E-state index is -0.506. The number of carbonyl (C=O) groups excluding carboxylic acids is 2. The predicted octanol–water partition coefficient (Wildman–Crippen LogP) is 1.72. The zero-order valence-corrected chi connectivity index (χ0v) is 12.4. The van der Waals surface area contributed by atoms with Gasteiger partial charge in [-0.05, 0) is 24.3 Å². The fraction of sp³-hybridized carbons (Fsp3) is 0.214. The van der Waals surface area contributed by atoms with Gasteiger partial charge >= 0.3 is 5.97 Å². The molecule has 1 N–H and O–H groups in total. The minimum Gasteiger partial charge on any atom is -0.497 e. The molecule has 1 amide bonds. The maximum absolute atomic E-state index is 11.8. The van der Waals surface area contributed by atoms with Crippen molar-refractivity contribution in [2.75, 3.05) is 20.8 Å². The monoisotopic (exact) mass is 306 g/mol. The first-order chi connectivity index (χ1) is 10.1. The van der Waals surface area contributed by atoms with Crippen molar-refractivity contribution in [2.45, 2.75) is 0 Å². The Kier molecular flexibility index (Phi) is 4.89. The van der Waals surface area contributed by atoms with Crippen LogP contribution in [0, 0.1) is 0 Å². The van der Waals surface area contributed by atoms with Crippen molar-refractivity contribution in [1.29, 1.82) is 0 Å². The molecular formula is C14H14N2O4S. The van der Waals surface area contributed by atoms with Crippen molar-refractivity contribution in [3.05, 3.63) is 35.3 Å². The van der Waals surface area contributed by atoms with Crippen LogP contribution in [0.25, 0.3) is 10.6 Å². The van der Waals surface area contributed by atoms with Gasteiger partial charge in [0.2, 0.25) is 0 Å². The Labute approximate surface area is 125 Å². The van der Waals surface area contributed by atoms with Gasteiger partial charge in [-0.15, -0.1) is 11.3 Å². The first kappa shape index (κ1) is 15.0. The SMILES string of the molecule is COC(=O)CNC(=O)c1csc(-c2ccc(OC)cc2)n1. The van der Waals surface area contributed by atoms with E-state index in [9.17, 15) is 9.59 Å². The molecule has 7 heteroatoms. The Balaban J connectivity index is 2.06. The Morgan fingerprint density at radius 2 is 1.95 bits per heavy atom. The van der Waals surface area contributed by atoms with Gasteiger partial charge in [0.25, 0.3) is 5.91 Å². The zero-order valence-electron chi connectivity index (χ0n) is 11.6. The summed E-state index contributed by atoms with van der Waals surface area (Å²) < 4.78 is 9.54. The lowest BCUT2D eigenvalue weighted by Gasteiger charge is -2.01. The number of amides is 1. The molecule has 1 aromatic heterocycles. The number of thiazole rings is 1. The molecule has 2 rings (SSSR count). The number of hydrogen-bond acceptors (Lipinski definition) is 6. The smallest absolute Gasteiger partial charge is 0.325 e. The third kappa shape index (κ3) is 3.79. The van der Waals surface area contributed by atoms with Crippen LogP contribution in [0.2, 0.25) is 0 Å². The number of nitrogens with zero attached hydrogens (tertiary/aromatic N) is 1. The topological polar surface area (TPSA) is 77.5 Å². The van der Waals surface area contributed by atoms with Gasteiger partial charge in [0.15, 0.2) is 0 Å². The minimum absolute atomic E-state index is 0.176. The van der Waals surface area contributed by atoms with Crippen molar-refractivity contribution in [3.63, 3.8) is 0 Å². The predicted molar refractivity (Wildman–Crippen MR) is 78.5 cm³/mol. The number of benzene rings is 1. The average molecular weight is 306 g/mol. The maximum atomic E-state index is 11.8. The number of methoxy groups -OCH3 is 2. The molecule has 0 fully saturated rings. The third-order valence-electron chi connectivity index (χ3n) is 2.69. The summed E-state index contributed by atoms with van der Waals surface area (Å²) in [5.41, 5.74) is 1.17. The van der Waals surface area contributed by atoms with Gasteiger partial charge in [0.1, 0.15) is 23.0 Å². The second-order valence-corrected chi connectivity index (χ2v) is 4.88. The van der Waals surface area contributed by atoms with Crippen LogP contribution in [0.15, 0.2) is 29.6 Å². The van der Waals surface area contributed by atoms with Gasteiger partial charge in [-0.1, -0.05) is 0 Å². The van der Waals surface area contributed by atoms with E-state index in [4.69, 9.17) is 4.74 Å². The van der Waals surface area contributed by atoms with Crippen molar-refractivity contribution >= 4 is 23.2 Å². The summed E-state index contributed by atoms with van der Waals surface area (Å²) in [5.74, 6) is -0.156. The fourth-order valence-corrected chi connectivity index (χ4v) is 2.37. The molecule has 0 saturated carbocycles. The molecule has 2 aromatic rings. The summed E-state index contributed by atoms with van der Waals surface area (Å²) in [6.45, 7) is -0.176. The highest BCUT2D eigenvalue weighted by atomic mass is 32.1. The largest absolute Gasteiger partial charge is 0.497 e. The van der Waals surface area contributed by atoms with Crippen molar-refractivity contribution in [1.82, 2.24) is 10.3 Å². The Hall–Kier alpha value is -2.41. The van der Waals surface area contributed by atoms with Crippen LogP contribution < -0.4 is 10.1 Å². The number of nitrogens with one attached hydrogen (secondary N) is 1. The summed E-state index contributed by atoms with van der Waals surface area (Å²) in [6.07, 6.45) is 0. The summed E-state index contributed by atoms with van der Waals surface area (Å²) in [4.78, 5) is 27.0. The van der Waals surface area contributed by atoms with Crippen LogP contribution in [0.1, 0.15) is 10.5 Å². The highest BCUT2D eigenvalue weighted by Gasteiger charge is 2.13. The van der Waals surface area contributed by atoms with Crippen molar-refractivity contribution in [2.24, 2.45) is 0 Å². The van der Waals surface area contributed by atoms with Gasteiger partial charge in [-0.3, -0.25) is 9.59 Å². The molecule has 0 spiro atoms. The van der Waals surface area contributed by atoms with Crippen LogP contribution in [0.3, 0.4) is 0 Å². The highest BCUT2D eigenvalue weighted by molar-refractivity contribution is 7.13. The van der Waals surface area contributed by atoms with Crippen molar-refractivity contribution < 1.29 is 19.1 Å². The van der Waals surface area contributed by atoms with E-state index in [1.165, 1.54) is 18.4 Å². The summed E-state index contributed by atoms with van der Waals surface area (Å²) in [5, 5.41) is 4.81. The van der Waals surface area contributed by atoms with Crippen LogP contribution in [0.5, 0.6) is 5.75 Å². The van der Waals surface area contributed by atoms with E-state index in [1.54, 1.807) is 12.5 Å². The zero-order chi connectivity index (χ0) is 15.2. The normalized spacial score (nSPS) is 10.0. The van der Waals surface area contributed by atoms with E-state index in [1.807, 2.05) is 24.3 Å². The standard InChI is InChI=1S/C14H14N2O4S/c1-19-10-5-3-9(4-6-10)14-16-11(8-21-14)13(18)15-7-12(17)20-2/h3-6,8H,7H2,1-2H3,(H,15,18). The molecule has 1 heterocycles. The molecule has 0 unspecified atom stereocenters. The molecule has 0 bridgehead atoms. The molecule has 0 atom stereocenters. The first-order valence-corrected chi connectivity index (χ1v) is 6.97. The van der Waals surface area contributed by atoms with E-state index in [-0.39, 0.29) is 12.2 Å². The van der Waals surface area contributed by atoms with E-state index < -0.39 is 11.9 Å². The van der Waals surface area contributed by atoms with E-state index in [2.05, 4.69) is 15.0 Å². The number of esters is 1. The lowest BCUT2D eigenvalue weighted by Crippen LogP contribution is -2.30. The number of hydrogen-bond donors (Lipinski definition) is 1. The molecule has 0 aliphatic carbocycles. The number of ether oxygens (including phenoxy) is 2. The Morgan fingerprint density at radius 3 is 2.57 bits per heavy atom. The number of aromatic nitrogens is 1. The quantitative estimate of drug-likeness (QED) is 0.851.